The number of rotatable bonds is 2. The van der Waals surface area contributed by atoms with Crippen LogP contribution in [0, 0.1) is 12.8 Å². The molecular weight excluding hydrogens is 286 g/mol. The topological polar surface area (TPSA) is 46.3 Å². The maximum Gasteiger partial charge on any atom is 0.254 e. The number of hydrogen-bond acceptors (Lipinski definition) is 4. The van der Waals surface area contributed by atoms with E-state index in [-0.39, 0.29) is 0 Å². The number of aryl methyl sites for hydroxylation is 1. The van der Waals surface area contributed by atoms with Crippen molar-refractivity contribution in [3.05, 3.63) is 54.0 Å². The van der Waals surface area contributed by atoms with Gasteiger partial charge in [0.15, 0.2) is 0 Å². The molecule has 0 bridgehead atoms. The van der Waals surface area contributed by atoms with Gasteiger partial charge in [-0.1, -0.05) is 37.3 Å². The number of piperidine rings is 1. The van der Waals surface area contributed by atoms with Crippen LogP contribution in [0.3, 0.4) is 0 Å². The first-order valence-electron chi connectivity index (χ1n) is 8.21. The van der Waals surface area contributed by atoms with Crippen LogP contribution in [0.1, 0.15) is 37.1 Å². The van der Waals surface area contributed by atoms with Gasteiger partial charge in [-0.2, -0.15) is 14.6 Å². The van der Waals surface area contributed by atoms with E-state index in [0.717, 1.165) is 24.5 Å². The quantitative estimate of drug-likeness (QED) is 0.728. The maximum absolute atomic E-state index is 4.47. The van der Waals surface area contributed by atoms with Gasteiger partial charge in [0.1, 0.15) is 12.1 Å². The van der Waals surface area contributed by atoms with Gasteiger partial charge >= 0.3 is 0 Å². The van der Waals surface area contributed by atoms with Crippen molar-refractivity contribution in [2.45, 2.75) is 32.7 Å². The summed E-state index contributed by atoms with van der Waals surface area (Å²) >= 11 is 0. The number of nitrogens with zero attached hydrogens (tertiary/aromatic N) is 5. The predicted molar refractivity (Wildman–Crippen MR) is 90.4 cm³/mol. The molecule has 3 aromatic rings. The molecule has 3 heterocycles. The van der Waals surface area contributed by atoms with E-state index in [0.29, 0.717) is 17.7 Å². The molecule has 0 N–H and O–H groups in total. The Morgan fingerprint density at radius 1 is 1.13 bits per heavy atom. The lowest BCUT2D eigenvalue weighted by Crippen LogP contribution is -2.38. The van der Waals surface area contributed by atoms with E-state index in [2.05, 4.69) is 63.3 Å². The molecule has 0 spiro atoms. The zero-order chi connectivity index (χ0) is 15.8. The molecule has 5 heteroatoms. The highest BCUT2D eigenvalue weighted by Gasteiger charge is 2.29. The van der Waals surface area contributed by atoms with Crippen LogP contribution in [-0.2, 0) is 0 Å². The van der Waals surface area contributed by atoms with Gasteiger partial charge in [0.2, 0.25) is 0 Å². The van der Waals surface area contributed by atoms with E-state index in [1.807, 2.05) is 11.4 Å². The van der Waals surface area contributed by atoms with Crippen LogP contribution < -0.4 is 4.90 Å². The number of anilines is 1. The van der Waals surface area contributed by atoms with Gasteiger partial charge in [0.05, 0.1) is 6.04 Å². The summed E-state index contributed by atoms with van der Waals surface area (Å²) in [6.07, 6.45) is 3.99. The van der Waals surface area contributed by atoms with Gasteiger partial charge < -0.3 is 4.90 Å². The molecule has 0 amide bonds. The molecule has 0 radical (unpaired) electrons. The molecular formula is C18H21N5. The Kier molecular flexibility index (Phi) is 3.48. The summed E-state index contributed by atoms with van der Waals surface area (Å²) in [5.41, 5.74) is 2.34. The lowest BCUT2D eigenvalue weighted by atomic mass is 9.90. The Labute approximate surface area is 136 Å². The molecule has 1 fully saturated rings. The van der Waals surface area contributed by atoms with Gasteiger partial charge in [-0.3, -0.25) is 0 Å². The second-order valence-corrected chi connectivity index (χ2v) is 6.49. The highest BCUT2D eigenvalue weighted by molar-refractivity contribution is 5.50. The van der Waals surface area contributed by atoms with Gasteiger partial charge in [0.25, 0.3) is 5.78 Å². The van der Waals surface area contributed by atoms with Crippen LogP contribution in [0.4, 0.5) is 5.82 Å². The molecule has 5 nitrogen and oxygen atoms in total. The van der Waals surface area contributed by atoms with Crippen LogP contribution in [0.15, 0.2) is 42.7 Å². The number of hydrogen-bond donors (Lipinski definition) is 0. The standard InChI is InChI=1S/C18H21N5/c1-13-8-9-16(15-6-4-3-5-7-15)22(11-13)17-10-14(2)21-18-19-12-20-23(17)18/h3-7,10,12-13,16H,8-9,11H2,1-2H3. The second kappa shape index (κ2) is 5.65. The largest absolute Gasteiger partial charge is 0.349 e. The molecule has 4 rings (SSSR count). The minimum Gasteiger partial charge on any atom is -0.349 e. The number of fused-ring (bicyclic) bond motifs is 1. The third kappa shape index (κ3) is 2.56. The van der Waals surface area contributed by atoms with Crippen LogP contribution in [0.2, 0.25) is 0 Å². The van der Waals surface area contributed by atoms with Crippen LogP contribution in [-0.4, -0.2) is 26.1 Å². The van der Waals surface area contributed by atoms with Crippen molar-refractivity contribution in [3.8, 4) is 0 Å². The Bertz CT molecular complexity index is 811. The lowest BCUT2D eigenvalue weighted by molar-refractivity contribution is 0.377. The summed E-state index contributed by atoms with van der Waals surface area (Å²) < 4.78 is 1.86. The van der Waals surface area contributed by atoms with Crippen molar-refractivity contribution in [1.82, 2.24) is 19.6 Å². The monoisotopic (exact) mass is 307 g/mol. The van der Waals surface area contributed by atoms with Crippen molar-refractivity contribution in [1.29, 1.82) is 0 Å². The Hall–Kier alpha value is -2.43. The van der Waals surface area contributed by atoms with Crippen molar-refractivity contribution < 1.29 is 0 Å². The average molecular weight is 307 g/mol. The van der Waals surface area contributed by atoms with Gasteiger partial charge in [-0.25, -0.2) is 4.98 Å². The molecule has 2 atom stereocenters. The van der Waals surface area contributed by atoms with E-state index in [4.69, 9.17) is 0 Å². The molecule has 118 valence electrons. The lowest BCUT2D eigenvalue weighted by Gasteiger charge is -2.40. The fourth-order valence-electron chi connectivity index (χ4n) is 3.54. The third-order valence-corrected chi connectivity index (χ3v) is 4.66. The smallest absolute Gasteiger partial charge is 0.254 e. The number of aromatic nitrogens is 4. The molecule has 1 aliphatic rings. The minimum atomic E-state index is 0.376. The van der Waals surface area contributed by atoms with E-state index >= 15 is 0 Å². The summed E-state index contributed by atoms with van der Waals surface area (Å²) in [6.45, 7) is 5.36. The summed E-state index contributed by atoms with van der Waals surface area (Å²) in [6, 6.07) is 13.3. The van der Waals surface area contributed by atoms with Gasteiger partial charge in [0, 0.05) is 18.3 Å². The fourth-order valence-corrected chi connectivity index (χ4v) is 3.54. The van der Waals surface area contributed by atoms with Gasteiger partial charge in [-0.05, 0) is 31.2 Å². The maximum atomic E-state index is 4.47. The molecule has 2 unspecified atom stereocenters. The van der Waals surface area contributed by atoms with Crippen LogP contribution in [0.25, 0.3) is 5.78 Å². The van der Waals surface area contributed by atoms with E-state index in [1.54, 1.807) is 6.33 Å². The van der Waals surface area contributed by atoms with E-state index in [9.17, 15) is 0 Å². The zero-order valence-corrected chi connectivity index (χ0v) is 13.6. The van der Waals surface area contributed by atoms with Gasteiger partial charge in [-0.15, -0.1) is 0 Å². The third-order valence-electron chi connectivity index (χ3n) is 4.66. The molecule has 0 aliphatic carbocycles. The molecule has 1 saturated heterocycles. The SMILES string of the molecule is Cc1cc(N2CC(C)CCC2c2ccccc2)n2ncnc2n1. The molecule has 23 heavy (non-hydrogen) atoms. The summed E-state index contributed by atoms with van der Waals surface area (Å²) in [4.78, 5) is 11.2. The van der Waals surface area contributed by atoms with Crippen LogP contribution >= 0.6 is 0 Å². The van der Waals surface area contributed by atoms with Crippen molar-refractivity contribution in [3.63, 3.8) is 0 Å². The minimum absolute atomic E-state index is 0.376. The van der Waals surface area contributed by atoms with Crippen LogP contribution in [0.5, 0.6) is 0 Å². The summed E-state index contributed by atoms with van der Waals surface area (Å²) in [5, 5.41) is 4.39. The van der Waals surface area contributed by atoms with E-state index < -0.39 is 0 Å². The fraction of sp³-hybridized carbons (Fsp3) is 0.389. The van der Waals surface area contributed by atoms with Crippen molar-refractivity contribution in [2.24, 2.45) is 5.92 Å². The first-order chi connectivity index (χ1) is 11.2. The molecule has 1 aliphatic heterocycles. The molecule has 1 aromatic carbocycles. The number of benzene rings is 1. The first-order valence-corrected chi connectivity index (χ1v) is 8.21. The second-order valence-electron chi connectivity index (χ2n) is 6.49. The van der Waals surface area contributed by atoms with E-state index in [1.165, 1.54) is 12.0 Å². The average Bonchev–Trinajstić information content (AvgIpc) is 3.03. The first kappa shape index (κ1) is 14.2. The molecule has 0 saturated carbocycles. The zero-order valence-electron chi connectivity index (χ0n) is 13.6. The summed E-state index contributed by atoms with van der Waals surface area (Å²) in [7, 11) is 0. The summed E-state index contributed by atoms with van der Waals surface area (Å²) in [5.74, 6) is 2.43. The van der Waals surface area contributed by atoms with Crippen molar-refractivity contribution >= 4 is 11.6 Å². The predicted octanol–water partition coefficient (Wildman–Crippen LogP) is 3.41. The normalized spacial score (nSPS) is 21.7. The highest BCUT2D eigenvalue weighted by Crippen LogP contribution is 2.36. The molecule has 2 aromatic heterocycles. The Balaban J connectivity index is 1.83. The Morgan fingerprint density at radius 3 is 2.78 bits per heavy atom. The Morgan fingerprint density at radius 2 is 1.96 bits per heavy atom. The van der Waals surface area contributed by atoms with Crippen molar-refractivity contribution in [2.75, 3.05) is 11.4 Å². The highest BCUT2D eigenvalue weighted by atomic mass is 15.4.